The van der Waals surface area contributed by atoms with Crippen molar-refractivity contribution in [1.82, 2.24) is 15.1 Å². The lowest BCUT2D eigenvalue weighted by Gasteiger charge is -2.33. The average molecular weight is 394 g/mol. The summed E-state index contributed by atoms with van der Waals surface area (Å²) in [6.45, 7) is 7.30. The molecule has 1 atom stereocenters. The van der Waals surface area contributed by atoms with Crippen molar-refractivity contribution >= 4 is 17.3 Å². The van der Waals surface area contributed by atoms with Gasteiger partial charge in [0.1, 0.15) is 0 Å². The first-order valence-electron chi connectivity index (χ1n) is 11.3. The van der Waals surface area contributed by atoms with Crippen LogP contribution in [0, 0.1) is 5.92 Å². The number of nitrogens with zero attached hydrogens (tertiary/aromatic N) is 2. The molecular formula is C22H39N3OS. The smallest absolute Gasteiger partial charge is 0.169 e. The highest BCUT2D eigenvalue weighted by Crippen LogP contribution is 2.21. The summed E-state index contributed by atoms with van der Waals surface area (Å²) >= 11 is 5.90. The van der Waals surface area contributed by atoms with Crippen LogP contribution in [0.3, 0.4) is 0 Å². The largest absolute Gasteiger partial charge is 0.379 e. The fourth-order valence-corrected chi connectivity index (χ4v) is 4.94. The van der Waals surface area contributed by atoms with Gasteiger partial charge in [-0.05, 0) is 56.7 Å². The Kier molecular flexibility index (Phi) is 9.39. The predicted octanol–water partition coefficient (Wildman–Crippen LogP) is 3.96. The molecule has 0 aromatic carbocycles. The van der Waals surface area contributed by atoms with E-state index >= 15 is 0 Å². The minimum atomic E-state index is 0.591. The molecule has 3 rings (SSSR count). The second kappa shape index (κ2) is 12.0. The van der Waals surface area contributed by atoms with Gasteiger partial charge in [0, 0.05) is 38.8 Å². The van der Waals surface area contributed by atoms with Crippen LogP contribution in [0.4, 0.5) is 0 Å². The predicted molar refractivity (Wildman–Crippen MR) is 117 cm³/mol. The molecular weight excluding hydrogens is 354 g/mol. The van der Waals surface area contributed by atoms with Crippen LogP contribution in [0.2, 0.25) is 0 Å². The molecule has 0 aromatic rings. The molecule has 5 heteroatoms. The first kappa shape index (κ1) is 21.1. The van der Waals surface area contributed by atoms with Crippen LogP contribution in [-0.2, 0) is 4.74 Å². The lowest BCUT2D eigenvalue weighted by Crippen LogP contribution is -2.47. The number of hydrogen-bond acceptors (Lipinski definition) is 3. The van der Waals surface area contributed by atoms with Crippen molar-refractivity contribution in [1.29, 1.82) is 0 Å². The first-order valence-corrected chi connectivity index (χ1v) is 11.7. The minimum absolute atomic E-state index is 0.591. The number of nitrogens with one attached hydrogen (secondary N) is 1. The number of morpholine rings is 1. The molecule has 0 unspecified atom stereocenters. The van der Waals surface area contributed by atoms with E-state index in [1.165, 1.54) is 64.2 Å². The zero-order chi connectivity index (χ0) is 18.7. The summed E-state index contributed by atoms with van der Waals surface area (Å²) in [5, 5.41) is 4.76. The van der Waals surface area contributed by atoms with Gasteiger partial charge in [-0.25, -0.2) is 0 Å². The van der Waals surface area contributed by atoms with Crippen molar-refractivity contribution < 1.29 is 4.74 Å². The highest BCUT2D eigenvalue weighted by atomic mass is 32.1. The fourth-order valence-electron chi connectivity index (χ4n) is 4.61. The summed E-state index contributed by atoms with van der Waals surface area (Å²) in [5.74, 6) is 0.757. The molecule has 1 heterocycles. The Morgan fingerprint density at radius 3 is 2.56 bits per heavy atom. The third kappa shape index (κ3) is 7.71. The normalized spacial score (nSPS) is 25.1. The van der Waals surface area contributed by atoms with Gasteiger partial charge in [0.25, 0.3) is 0 Å². The second-order valence-electron chi connectivity index (χ2n) is 8.54. The highest BCUT2D eigenvalue weighted by molar-refractivity contribution is 7.80. The summed E-state index contributed by atoms with van der Waals surface area (Å²) in [4.78, 5) is 5.03. The van der Waals surface area contributed by atoms with Gasteiger partial charge in [-0.15, -0.1) is 0 Å². The van der Waals surface area contributed by atoms with Crippen LogP contribution in [0.1, 0.15) is 64.2 Å². The average Bonchev–Trinajstić information content (AvgIpc) is 2.97. The van der Waals surface area contributed by atoms with Crippen molar-refractivity contribution in [2.45, 2.75) is 70.3 Å². The summed E-state index contributed by atoms with van der Waals surface area (Å²) in [7, 11) is 0. The van der Waals surface area contributed by atoms with E-state index in [9.17, 15) is 0 Å². The Hall–Kier alpha value is -0.650. The van der Waals surface area contributed by atoms with Gasteiger partial charge in [-0.1, -0.05) is 37.8 Å². The minimum Gasteiger partial charge on any atom is -0.379 e. The molecule has 1 saturated carbocycles. The maximum Gasteiger partial charge on any atom is 0.169 e. The van der Waals surface area contributed by atoms with Gasteiger partial charge in [0.05, 0.1) is 13.2 Å². The van der Waals surface area contributed by atoms with E-state index < -0.39 is 0 Å². The molecule has 0 spiro atoms. The van der Waals surface area contributed by atoms with E-state index in [0.717, 1.165) is 57.0 Å². The lowest BCUT2D eigenvalue weighted by molar-refractivity contribution is 0.0367. The molecule has 2 fully saturated rings. The van der Waals surface area contributed by atoms with Gasteiger partial charge >= 0.3 is 0 Å². The molecule has 0 radical (unpaired) electrons. The molecule has 1 saturated heterocycles. The van der Waals surface area contributed by atoms with Crippen LogP contribution in [0.15, 0.2) is 12.2 Å². The Bertz CT molecular complexity index is 456. The summed E-state index contributed by atoms with van der Waals surface area (Å²) in [6.07, 6.45) is 17.7. The van der Waals surface area contributed by atoms with Crippen molar-refractivity contribution in [2.24, 2.45) is 5.92 Å². The third-order valence-electron chi connectivity index (χ3n) is 6.33. The van der Waals surface area contributed by atoms with Gasteiger partial charge in [-0.3, -0.25) is 4.90 Å². The van der Waals surface area contributed by atoms with Crippen LogP contribution in [-0.4, -0.2) is 66.9 Å². The van der Waals surface area contributed by atoms with Crippen molar-refractivity contribution in [3.05, 3.63) is 12.2 Å². The highest BCUT2D eigenvalue weighted by Gasteiger charge is 2.20. The zero-order valence-corrected chi connectivity index (χ0v) is 17.9. The van der Waals surface area contributed by atoms with Gasteiger partial charge < -0.3 is 15.0 Å². The lowest BCUT2D eigenvalue weighted by atomic mass is 9.94. The molecule has 154 valence electrons. The van der Waals surface area contributed by atoms with E-state index in [1.54, 1.807) is 0 Å². The monoisotopic (exact) mass is 393 g/mol. The van der Waals surface area contributed by atoms with E-state index in [1.807, 2.05) is 0 Å². The van der Waals surface area contributed by atoms with Gasteiger partial charge in [-0.2, -0.15) is 0 Å². The zero-order valence-electron chi connectivity index (χ0n) is 17.0. The molecule has 1 aliphatic heterocycles. The standard InChI is InChI=1S/C22H39N3OS/c27-22(23-21-11-6-1-2-7-12-21)25(19-20-9-4-3-5-10-20)14-8-13-24-15-17-26-18-16-24/h3-4,20-21H,1-2,5-19H2,(H,23,27)/t20-/m1/s1. The number of allylic oxidation sites excluding steroid dienone is 2. The van der Waals surface area contributed by atoms with Crippen molar-refractivity contribution in [3.63, 3.8) is 0 Å². The van der Waals surface area contributed by atoms with Crippen LogP contribution in [0.5, 0.6) is 0 Å². The van der Waals surface area contributed by atoms with Gasteiger partial charge in [0.15, 0.2) is 5.11 Å². The fraction of sp³-hybridized carbons (Fsp3) is 0.864. The Labute approximate surface area is 171 Å². The van der Waals surface area contributed by atoms with Crippen molar-refractivity contribution in [3.8, 4) is 0 Å². The molecule has 27 heavy (non-hydrogen) atoms. The molecule has 0 amide bonds. The van der Waals surface area contributed by atoms with Crippen LogP contribution < -0.4 is 5.32 Å². The topological polar surface area (TPSA) is 27.7 Å². The molecule has 2 aliphatic carbocycles. The van der Waals surface area contributed by atoms with E-state index in [0.29, 0.717) is 6.04 Å². The summed E-state index contributed by atoms with van der Waals surface area (Å²) < 4.78 is 5.47. The van der Waals surface area contributed by atoms with E-state index in [-0.39, 0.29) is 0 Å². The Morgan fingerprint density at radius 1 is 1.07 bits per heavy atom. The number of ether oxygens (including phenoxy) is 1. The van der Waals surface area contributed by atoms with Gasteiger partial charge in [0.2, 0.25) is 0 Å². The van der Waals surface area contributed by atoms with Crippen LogP contribution >= 0.6 is 12.2 Å². The van der Waals surface area contributed by atoms with Crippen molar-refractivity contribution in [2.75, 3.05) is 45.9 Å². The first-order chi connectivity index (χ1) is 13.3. The van der Waals surface area contributed by atoms with E-state index in [2.05, 4.69) is 27.3 Å². The Morgan fingerprint density at radius 2 is 1.85 bits per heavy atom. The number of thiocarbonyl (C=S) groups is 1. The number of hydrogen-bond donors (Lipinski definition) is 1. The molecule has 0 bridgehead atoms. The maximum absolute atomic E-state index is 5.90. The molecule has 4 nitrogen and oxygen atoms in total. The third-order valence-corrected chi connectivity index (χ3v) is 6.71. The summed E-state index contributed by atoms with van der Waals surface area (Å²) in [6, 6.07) is 0.591. The molecule has 1 N–H and O–H groups in total. The second-order valence-corrected chi connectivity index (χ2v) is 8.93. The summed E-state index contributed by atoms with van der Waals surface area (Å²) in [5.41, 5.74) is 0. The maximum atomic E-state index is 5.90. The quantitative estimate of drug-likeness (QED) is 0.401. The Balaban J connectivity index is 1.49. The van der Waals surface area contributed by atoms with Crippen LogP contribution in [0.25, 0.3) is 0 Å². The molecule has 3 aliphatic rings. The van der Waals surface area contributed by atoms with E-state index in [4.69, 9.17) is 17.0 Å². The SMILES string of the molecule is S=C(NC1CCCCCC1)N(CCCN1CCOCC1)C[C@@H]1CC=CCC1. The number of rotatable bonds is 7. The molecule has 0 aromatic heterocycles.